The Hall–Kier alpha value is -3.88. The molecule has 0 atom stereocenters. The summed E-state index contributed by atoms with van der Waals surface area (Å²) in [6.45, 7) is 5.28. The molecule has 0 bridgehead atoms. The molecule has 0 spiro atoms. The zero-order chi connectivity index (χ0) is 25.8. The third-order valence-electron chi connectivity index (χ3n) is 5.13. The first kappa shape index (κ1) is 25.7. The van der Waals surface area contributed by atoms with Crippen LogP contribution in [0.2, 0.25) is 0 Å². The zero-order valence-corrected chi connectivity index (χ0v) is 19.3. The third-order valence-corrected chi connectivity index (χ3v) is 5.13. The van der Waals surface area contributed by atoms with Gasteiger partial charge in [0.15, 0.2) is 6.61 Å². The van der Waals surface area contributed by atoms with E-state index in [2.05, 4.69) is 10.6 Å². The molecule has 3 aromatic carbocycles. The first-order chi connectivity index (χ1) is 16.5. The molecule has 9 heteroatoms. The lowest BCUT2D eigenvalue weighted by Gasteiger charge is -2.17. The smallest absolute Gasteiger partial charge is 0.418 e. The fraction of sp³-hybridized carbons (Fsp3) is 0.231. The molecular weight excluding hydrogens is 464 g/mol. The minimum Gasteiger partial charge on any atom is -0.483 e. The highest BCUT2D eigenvalue weighted by molar-refractivity contribution is 6.04. The minimum atomic E-state index is -4.83. The van der Waals surface area contributed by atoms with Gasteiger partial charge in [-0.3, -0.25) is 9.59 Å². The number of aryl methyl sites for hydroxylation is 1. The largest absolute Gasteiger partial charge is 0.483 e. The highest BCUT2D eigenvalue weighted by Crippen LogP contribution is 2.37. The minimum absolute atomic E-state index is 0.123. The summed E-state index contributed by atoms with van der Waals surface area (Å²) in [6.07, 6.45) is -4.83. The monoisotopic (exact) mass is 488 g/mol. The second kappa shape index (κ2) is 10.6. The number of rotatable bonds is 7. The van der Waals surface area contributed by atoms with E-state index in [4.69, 9.17) is 4.74 Å². The maximum atomic E-state index is 13.8. The summed E-state index contributed by atoms with van der Waals surface area (Å²) < 4.78 is 60.4. The van der Waals surface area contributed by atoms with Crippen molar-refractivity contribution in [3.8, 4) is 5.75 Å². The Morgan fingerprint density at radius 2 is 1.69 bits per heavy atom. The van der Waals surface area contributed by atoms with Gasteiger partial charge in [0.2, 0.25) is 0 Å². The van der Waals surface area contributed by atoms with E-state index in [1.165, 1.54) is 24.3 Å². The fourth-order valence-corrected chi connectivity index (χ4v) is 3.38. The van der Waals surface area contributed by atoms with Gasteiger partial charge < -0.3 is 15.4 Å². The standard InChI is InChI=1S/C26H24F4N2O3/c1-15(2)18-10-8-16(3)12-23(18)35-14-24(33)32-22-11-9-17(13-20(22)26(28,29)30)31-25(34)19-6-4-5-7-21(19)27/h4-13,15H,14H2,1-3H3,(H,31,34)(H,32,33). The number of halogens is 4. The predicted octanol–water partition coefficient (Wildman–Crippen LogP) is 6.55. The third kappa shape index (κ3) is 6.59. The molecule has 0 aliphatic carbocycles. The number of ether oxygens (including phenoxy) is 1. The van der Waals surface area contributed by atoms with Gasteiger partial charge in [0.1, 0.15) is 11.6 Å². The van der Waals surface area contributed by atoms with Crippen LogP contribution in [0.4, 0.5) is 28.9 Å². The van der Waals surface area contributed by atoms with Gasteiger partial charge in [-0.1, -0.05) is 38.1 Å². The second-order valence-corrected chi connectivity index (χ2v) is 8.22. The van der Waals surface area contributed by atoms with Crippen LogP contribution < -0.4 is 15.4 Å². The summed E-state index contributed by atoms with van der Waals surface area (Å²) in [5, 5.41) is 4.46. The molecule has 0 saturated heterocycles. The number of hydrogen-bond donors (Lipinski definition) is 2. The number of amides is 2. The average molecular weight is 488 g/mol. The van der Waals surface area contributed by atoms with Gasteiger partial charge in [0.25, 0.3) is 11.8 Å². The summed E-state index contributed by atoms with van der Waals surface area (Å²) in [5.74, 6) is -1.88. The molecule has 2 amide bonds. The first-order valence-corrected chi connectivity index (χ1v) is 10.8. The van der Waals surface area contributed by atoms with E-state index in [9.17, 15) is 27.2 Å². The van der Waals surface area contributed by atoms with Crippen molar-refractivity contribution < 1.29 is 31.9 Å². The van der Waals surface area contributed by atoms with E-state index < -0.39 is 41.7 Å². The number of anilines is 2. The summed E-state index contributed by atoms with van der Waals surface area (Å²) in [5.41, 5.74) is -0.404. The van der Waals surface area contributed by atoms with Gasteiger partial charge in [-0.05, 0) is 60.4 Å². The molecule has 3 rings (SSSR count). The van der Waals surface area contributed by atoms with Crippen molar-refractivity contribution in [1.82, 2.24) is 0 Å². The van der Waals surface area contributed by atoms with Gasteiger partial charge in [-0.15, -0.1) is 0 Å². The quantitative estimate of drug-likeness (QED) is 0.371. The molecule has 0 radical (unpaired) electrons. The Bertz CT molecular complexity index is 1240. The highest BCUT2D eigenvalue weighted by atomic mass is 19.4. The number of nitrogens with one attached hydrogen (secondary N) is 2. The Balaban J connectivity index is 1.76. The molecule has 35 heavy (non-hydrogen) atoms. The molecule has 0 saturated carbocycles. The Labute approximate surface area is 200 Å². The molecule has 184 valence electrons. The van der Waals surface area contributed by atoms with Gasteiger partial charge in [-0.25, -0.2) is 4.39 Å². The molecule has 0 fully saturated rings. The topological polar surface area (TPSA) is 67.4 Å². The molecule has 0 unspecified atom stereocenters. The van der Waals surface area contributed by atoms with E-state index in [0.29, 0.717) is 11.8 Å². The highest BCUT2D eigenvalue weighted by Gasteiger charge is 2.34. The van der Waals surface area contributed by atoms with Crippen molar-refractivity contribution in [3.05, 3.63) is 88.7 Å². The van der Waals surface area contributed by atoms with E-state index in [0.717, 1.165) is 23.3 Å². The van der Waals surface area contributed by atoms with E-state index in [1.807, 2.05) is 32.9 Å². The van der Waals surface area contributed by atoms with Crippen molar-refractivity contribution >= 4 is 23.2 Å². The summed E-state index contributed by atoms with van der Waals surface area (Å²) in [4.78, 5) is 24.7. The average Bonchev–Trinajstić information content (AvgIpc) is 2.78. The SMILES string of the molecule is Cc1ccc(C(C)C)c(OCC(=O)Nc2ccc(NC(=O)c3ccccc3F)cc2C(F)(F)F)c1. The fourth-order valence-electron chi connectivity index (χ4n) is 3.38. The zero-order valence-electron chi connectivity index (χ0n) is 19.3. The van der Waals surface area contributed by atoms with Gasteiger partial charge in [-0.2, -0.15) is 13.2 Å². The molecule has 0 aliphatic rings. The van der Waals surface area contributed by atoms with Gasteiger partial charge in [0.05, 0.1) is 16.8 Å². The van der Waals surface area contributed by atoms with E-state index in [1.54, 1.807) is 6.07 Å². The van der Waals surface area contributed by atoms with Crippen LogP contribution in [0.5, 0.6) is 5.75 Å². The lowest BCUT2D eigenvalue weighted by molar-refractivity contribution is -0.137. The van der Waals surface area contributed by atoms with Crippen molar-refractivity contribution in [3.63, 3.8) is 0 Å². The van der Waals surface area contributed by atoms with Gasteiger partial charge >= 0.3 is 6.18 Å². The molecule has 0 aliphatic heterocycles. The van der Waals surface area contributed by atoms with Crippen molar-refractivity contribution in [2.45, 2.75) is 32.9 Å². The van der Waals surface area contributed by atoms with E-state index in [-0.39, 0.29) is 17.2 Å². The molecular formula is C26H24F4N2O3. The molecule has 0 heterocycles. The van der Waals surface area contributed by atoms with Crippen molar-refractivity contribution in [1.29, 1.82) is 0 Å². The number of benzene rings is 3. The Morgan fingerprint density at radius 3 is 2.34 bits per heavy atom. The molecule has 3 aromatic rings. The molecule has 0 aromatic heterocycles. The number of carbonyl (C=O) groups excluding carboxylic acids is 2. The van der Waals surface area contributed by atoms with Crippen LogP contribution in [0.15, 0.2) is 60.7 Å². The second-order valence-electron chi connectivity index (χ2n) is 8.22. The predicted molar refractivity (Wildman–Crippen MR) is 125 cm³/mol. The van der Waals surface area contributed by atoms with Crippen LogP contribution in [0, 0.1) is 12.7 Å². The first-order valence-electron chi connectivity index (χ1n) is 10.8. The number of alkyl halides is 3. The summed E-state index contributed by atoms with van der Waals surface area (Å²) in [7, 11) is 0. The van der Waals surface area contributed by atoms with Crippen molar-refractivity contribution in [2.75, 3.05) is 17.2 Å². The molecule has 2 N–H and O–H groups in total. The van der Waals surface area contributed by atoms with Crippen LogP contribution in [-0.2, 0) is 11.0 Å². The maximum absolute atomic E-state index is 13.8. The number of carbonyl (C=O) groups is 2. The maximum Gasteiger partial charge on any atom is 0.418 e. The molecule has 5 nitrogen and oxygen atoms in total. The van der Waals surface area contributed by atoms with Crippen LogP contribution >= 0.6 is 0 Å². The summed E-state index contributed by atoms with van der Waals surface area (Å²) in [6, 6.07) is 13.5. The number of hydrogen-bond acceptors (Lipinski definition) is 3. The van der Waals surface area contributed by atoms with Crippen LogP contribution in [-0.4, -0.2) is 18.4 Å². The van der Waals surface area contributed by atoms with E-state index >= 15 is 0 Å². The summed E-state index contributed by atoms with van der Waals surface area (Å²) >= 11 is 0. The lowest BCUT2D eigenvalue weighted by Crippen LogP contribution is -2.23. The normalized spacial score (nSPS) is 11.3. The Kier molecular flexibility index (Phi) is 7.78. The Morgan fingerprint density at radius 1 is 0.971 bits per heavy atom. The van der Waals surface area contributed by atoms with Crippen molar-refractivity contribution in [2.24, 2.45) is 0 Å². The van der Waals surface area contributed by atoms with Crippen LogP contribution in [0.25, 0.3) is 0 Å². The van der Waals surface area contributed by atoms with Gasteiger partial charge in [0, 0.05) is 5.69 Å². The van der Waals surface area contributed by atoms with Crippen LogP contribution in [0.1, 0.15) is 46.8 Å². The van der Waals surface area contributed by atoms with Crippen LogP contribution in [0.3, 0.4) is 0 Å². The lowest BCUT2D eigenvalue weighted by atomic mass is 10.0.